The zero-order chi connectivity index (χ0) is 6.69. The summed E-state index contributed by atoms with van der Waals surface area (Å²) in [6.45, 7) is 0.875. The molecule has 1 rings (SSSR count). The van der Waals surface area contributed by atoms with E-state index >= 15 is 0 Å². The lowest BCUT2D eigenvalue weighted by Gasteiger charge is -1.89. The summed E-state index contributed by atoms with van der Waals surface area (Å²) >= 11 is 0. The van der Waals surface area contributed by atoms with Crippen molar-refractivity contribution in [1.29, 1.82) is 0 Å². The molecule has 0 unspecified atom stereocenters. The third-order valence-corrected chi connectivity index (χ3v) is 1.24. The first kappa shape index (κ1) is 6.07. The van der Waals surface area contributed by atoms with Gasteiger partial charge in [-0.2, -0.15) is 0 Å². The Balaban J connectivity index is 2.49. The molecular formula is C5H8N2O2. The van der Waals surface area contributed by atoms with Gasteiger partial charge in [-0.1, -0.05) is 0 Å². The number of nitro groups is 1. The maximum atomic E-state index is 9.84. The second-order valence-corrected chi connectivity index (χ2v) is 1.97. The maximum absolute atomic E-state index is 9.84. The standard InChI is InChI=1S/C5H8N2O2/c8-7(9)4-5-2-1-3-6-5/h4,6H,1-3H2. The van der Waals surface area contributed by atoms with Crippen molar-refractivity contribution in [3.05, 3.63) is 22.0 Å². The number of hydrogen-bond donors (Lipinski definition) is 1. The van der Waals surface area contributed by atoms with Gasteiger partial charge in [0.2, 0.25) is 0 Å². The smallest absolute Gasteiger partial charge is 0.253 e. The largest absolute Gasteiger partial charge is 0.383 e. The van der Waals surface area contributed by atoms with Gasteiger partial charge in [0, 0.05) is 6.54 Å². The third-order valence-electron chi connectivity index (χ3n) is 1.24. The van der Waals surface area contributed by atoms with E-state index in [4.69, 9.17) is 0 Å². The van der Waals surface area contributed by atoms with Crippen LogP contribution in [0, 0.1) is 10.1 Å². The molecule has 4 heteroatoms. The summed E-state index contributed by atoms with van der Waals surface area (Å²) in [6.07, 6.45) is 2.87. The molecule has 1 heterocycles. The second-order valence-electron chi connectivity index (χ2n) is 1.97. The van der Waals surface area contributed by atoms with Crippen molar-refractivity contribution in [2.75, 3.05) is 6.54 Å². The number of hydrogen-bond acceptors (Lipinski definition) is 3. The minimum absolute atomic E-state index is 0.423. The van der Waals surface area contributed by atoms with Crippen molar-refractivity contribution < 1.29 is 4.92 Å². The first-order valence-electron chi connectivity index (χ1n) is 2.87. The van der Waals surface area contributed by atoms with Crippen LogP contribution >= 0.6 is 0 Å². The van der Waals surface area contributed by atoms with Gasteiger partial charge in [0.05, 0.1) is 10.6 Å². The van der Waals surface area contributed by atoms with Crippen LogP contribution in [0.3, 0.4) is 0 Å². The minimum atomic E-state index is -0.423. The summed E-state index contributed by atoms with van der Waals surface area (Å²) < 4.78 is 0. The average Bonchev–Trinajstić information content (AvgIpc) is 2.15. The van der Waals surface area contributed by atoms with Crippen LogP contribution in [0.1, 0.15) is 12.8 Å². The average molecular weight is 128 g/mol. The van der Waals surface area contributed by atoms with E-state index in [0.29, 0.717) is 0 Å². The minimum Gasteiger partial charge on any atom is -0.383 e. The highest BCUT2D eigenvalue weighted by atomic mass is 16.6. The number of rotatable bonds is 1. The first-order valence-corrected chi connectivity index (χ1v) is 2.87. The van der Waals surface area contributed by atoms with E-state index in [2.05, 4.69) is 5.32 Å². The molecule has 1 saturated heterocycles. The molecule has 1 N–H and O–H groups in total. The molecule has 0 bridgehead atoms. The number of allylic oxidation sites excluding steroid dienone is 1. The molecule has 1 aliphatic rings. The Hall–Kier alpha value is -1.06. The Morgan fingerprint density at radius 1 is 1.78 bits per heavy atom. The van der Waals surface area contributed by atoms with Crippen molar-refractivity contribution in [2.24, 2.45) is 0 Å². The fraction of sp³-hybridized carbons (Fsp3) is 0.600. The van der Waals surface area contributed by atoms with Crippen LogP contribution in [0.5, 0.6) is 0 Å². The first-order chi connectivity index (χ1) is 4.29. The van der Waals surface area contributed by atoms with Crippen LogP contribution in [0.2, 0.25) is 0 Å². The van der Waals surface area contributed by atoms with E-state index in [1.807, 2.05) is 0 Å². The Kier molecular flexibility index (Phi) is 1.67. The number of nitrogens with zero attached hydrogens (tertiary/aromatic N) is 1. The van der Waals surface area contributed by atoms with Gasteiger partial charge in [0.1, 0.15) is 0 Å². The summed E-state index contributed by atoms with van der Waals surface area (Å²) in [7, 11) is 0. The van der Waals surface area contributed by atoms with Crippen molar-refractivity contribution in [3.8, 4) is 0 Å². The van der Waals surface area contributed by atoms with Crippen LogP contribution in [0.4, 0.5) is 0 Å². The normalized spacial score (nSPS) is 22.0. The quantitative estimate of drug-likeness (QED) is 0.413. The molecule has 9 heavy (non-hydrogen) atoms. The van der Waals surface area contributed by atoms with E-state index in [0.717, 1.165) is 31.3 Å². The predicted octanol–water partition coefficient (Wildman–Crippen LogP) is 0.488. The molecular weight excluding hydrogens is 120 g/mol. The lowest BCUT2D eigenvalue weighted by atomic mass is 10.3. The van der Waals surface area contributed by atoms with Gasteiger partial charge in [-0.3, -0.25) is 10.1 Å². The van der Waals surface area contributed by atoms with Crippen LogP contribution in [-0.2, 0) is 0 Å². The molecule has 0 aromatic rings. The summed E-state index contributed by atoms with van der Waals surface area (Å²) in [6, 6.07) is 0. The van der Waals surface area contributed by atoms with Gasteiger partial charge in [0.15, 0.2) is 0 Å². The monoisotopic (exact) mass is 128 g/mol. The fourth-order valence-corrected chi connectivity index (χ4v) is 0.854. The molecule has 0 aromatic heterocycles. The molecule has 1 aliphatic heterocycles. The van der Waals surface area contributed by atoms with Crippen LogP contribution in [0.15, 0.2) is 11.9 Å². The van der Waals surface area contributed by atoms with Gasteiger partial charge >= 0.3 is 0 Å². The molecule has 0 atom stereocenters. The zero-order valence-corrected chi connectivity index (χ0v) is 4.96. The lowest BCUT2D eigenvalue weighted by molar-refractivity contribution is -0.403. The Bertz CT molecular complexity index is 145. The lowest BCUT2D eigenvalue weighted by Crippen LogP contribution is -2.05. The molecule has 0 aromatic carbocycles. The second kappa shape index (κ2) is 2.48. The van der Waals surface area contributed by atoms with Gasteiger partial charge in [0.25, 0.3) is 6.20 Å². The van der Waals surface area contributed by atoms with Crippen LogP contribution in [0.25, 0.3) is 0 Å². The van der Waals surface area contributed by atoms with E-state index in [1.54, 1.807) is 0 Å². The molecule has 0 amide bonds. The molecule has 0 aliphatic carbocycles. The molecule has 1 fully saturated rings. The van der Waals surface area contributed by atoms with Gasteiger partial charge in [-0.05, 0) is 12.8 Å². The zero-order valence-electron chi connectivity index (χ0n) is 4.96. The summed E-state index contributed by atoms with van der Waals surface area (Å²) in [5.41, 5.74) is 0.750. The highest BCUT2D eigenvalue weighted by Crippen LogP contribution is 2.07. The summed E-state index contributed by atoms with van der Waals surface area (Å²) in [5, 5.41) is 12.8. The maximum Gasteiger partial charge on any atom is 0.253 e. The third kappa shape index (κ3) is 1.71. The van der Waals surface area contributed by atoms with E-state index < -0.39 is 4.92 Å². The SMILES string of the molecule is O=[N+]([O-])C=C1CCCN1. The molecule has 0 spiro atoms. The van der Waals surface area contributed by atoms with E-state index in [-0.39, 0.29) is 0 Å². The van der Waals surface area contributed by atoms with Gasteiger partial charge in [-0.25, -0.2) is 0 Å². The fourth-order valence-electron chi connectivity index (χ4n) is 0.854. The van der Waals surface area contributed by atoms with Crippen molar-refractivity contribution in [1.82, 2.24) is 5.32 Å². The molecule has 50 valence electrons. The van der Waals surface area contributed by atoms with Gasteiger partial charge < -0.3 is 5.32 Å². The van der Waals surface area contributed by atoms with E-state index in [9.17, 15) is 10.1 Å². The van der Waals surface area contributed by atoms with Crippen LogP contribution in [-0.4, -0.2) is 11.5 Å². The Morgan fingerprint density at radius 3 is 3.00 bits per heavy atom. The molecule has 0 radical (unpaired) electrons. The highest BCUT2D eigenvalue weighted by Gasteiger charge is 2.07. The van der Waals surface area contributed by atoms with Crippen LogP contribution < -0.4 is 5.32 Å². The summed E-state index contributed by atoms with van der Waals surface area (Å²) in [4.78, 5) is 9.42. The highest BCUT2D eigenvalue weighted by molar-refractivity contribution is 4.99. The van der Waals surface area contributed by atoms with Crippen molar-refractivity contribution in [3.63, 3.8) is 0 Å². The Labute approximate surface area is 52.7 Å². The topological polar surface area (TPSA) is 55.2 Å². The van der Waals surface area contributed by atoms with Crippen molar-refractivity contribution in [2.45, 2.75) is 12.8 Å². The van der Waals surface area contributed by atoms with E-state index in [1.165, 1.54) is 0 Å². The predicted molar refractivity (Wildman–Crippen MR) is 32.3 cm³/mol. The Morgan fingerprint density at radius 2 is 2.56 bits per heavy atom. The van der Waals surface area contributed by atoms with Crippen molar-refractivity contribution >= 4 is 0 Å². The molecule has 4 nitrogen and oxygen atoms in total. The number of nitrogens with one attached hydrogen (secondary N) is 1. The summed E-state index contributed by atoms with van der Waals surface area (Å²) in [5.74, 6) is 0. The van der Waals surface area contributed by atoms with Gasteiger partial charge in [-0.15, -0.1) is 0 Å². The molecule has 0 saturated carbocycles.